The first kappa shape index (κ1) is 10.1. The summed E-state index contributed by atoms with van der Waals surface area (Å²) in [5.41, 5.74) is 0. The molecule has 0 amide bonds. The minimum atomic E-state index is -1.82. The maximum absolute atomic E-state index is 9.10. The van der Waals surface area contributed by atoms with E-state index in [-0.39, 0.29) is 31.1 Å². The number of rotatable bonds is 0. The van der Waals surface area contributed by atoms with Gasteiger partial charge < -0.3 is 10.2 Å². The second-order valence-electron chi connectivity index (χ2n) is 0.610. The smallest absolute Gasteiger partial charge is 0.414 e. The van der Waals surface area contributed by atoms with Gasteiger partial charge in [0.15, 0.2) is 0 Å². The van der Waals surface area contributed by atoms with Gasteiger partial charge in [-0.15, -0.1) is 0 Å². The molecule has 0 spiro atoms. The molecule has 38 valence electrons. The molecule has 0 saturated heterocycles. The average Bonchev–Trinajstić information content (AvgIpc) is 1.36. The van der Waals surface area contributed by atoms with Crippen molar-refractivity contribution in [3.63, 3.8) is 0 Å². The molecule has 0 fully saturated rings. The van der Waals surface area contributed by atoms with Gasteiger partial charge in [0.05, 0.1) is 0 Å². The third-order valence-electron chi connectivity index (χ3n) is 0.183. The normalized spacial score (nSPS) is 6.29. The molecule has 7 heavy (non-hydrogen) atoms. The van der Waals surface area contributed by atoms with Crippen LogP contribution in [0.3, 0.4) is 0 Å². The summed E-state index contributed by atoms with van der Waals surface area (Å²) in [5.74, 6) is -3.65. The van der Waals surface area contributed by atoms with Crippen LogP contribution in [0.25, 0.3) is 0 Å². The van der Waals surface area contributed by atoms with Crippen LogP contribution in [0.5, 0.6) is 0 Å². The van der Waals surface area contributed by atoms with Crippen LogP contribution < -0.4 is 0 Å². The van der Waals surface area contributed by atoms with Gasteiger partial charge in [0, 0.05) is 31.1 Å². The van der Waals surface area contributed by atoms with Crippen LogP contribution in [0.2, 0.25) is 0 Å². The Balaban J connectivity index is 0. The van der Waals surface area contributed by atoms with Gasteiger partial charge in [0.2, 0.25) is 0 Å². The topological polar surface area (TPSA) is 74.6 Å². The van der Waals surface area contributed by atoms with Crippen molar-refractivity contribution in [3.05, 3.63) is 0 Å². The Bertz CT molecular complexity index is 75.7. The fourth-order valence-electron chi connectivity index (χ4n) is 0. The van der Waals surface area contributed by atoms with E-state index in [0.29, 0.717) is 0 Å². The summed E-state index contributed by atoms with van der Waals surface area (Å²) >= 11 is 0. The summed E-state index contributed by atoms with van der Waals surface area (Å²) in [6, 6.07) is 0. The minimum absolute atomic E-state index is 0. The van der Waals surface area contributed by atoms with Crippen LogP contribution in [-0.4, -0.2) is 22.2 Å². The van der Waals surface area contributed by atoms with Crippen molar-refractivity contribution < 1.29 is 50.9 Å². The summed E-state index contributed by atoms with van der Waals surface area (Å²) in [5, 5.41) is 14.8. The van der Waals surface area contributed by atoms with Crippen molar-refractivity contribution in [2.45, 2.75) is 0 Å². The largest absolute Gasteiger partial charge is 0.473 e. The monoisotopic (exact) mass is 328 g/mol. The molecule has 0 aliphatic rings. The molecule has 4 nitrogen and oxygen atoms in total. The molecule has 0 saturated carbocycles. The standard InChI is InChI=1S/C2H2O4.U/c3-1(4)2(5)6;/h(H,3,4)(H,5,6);. The first-order chi connectivity index (χ1) is 2.64. The maximum atomic E-state index is 9.10. The quantitative estimate of drug-likeness (QED) is 0.569. The van der Waals surface area contributed by atoms with Gasteiger partial charge in [-0.25, -0.2) is 9.59 Å². The summed E-state index contributed by atoms with van der Waals surface area (Å²) in [6.45, 7) is 0. The Morgan fingerprint density at radius 3 is 1.14 bits per heavy atom. The second kappa shape index (κ2) is 4.16. The van der Waals surface area contributed by atoms with Crippen molar-refractivity contribution in [3.8, 4) is 0 Å². The number of carboxylic acid groups (broad SMARTS) is 2. The maximum Gasteiger partial charge on any atom is 0.414 e. The van der Waals surface area contributed by atoms with Gasteiger partial charge in [0.1, 0.15) is 0 Å². The number of aliphatic carboxylic acids is 2. The number of carboxylic acids is 2. The molecule has 0 rings (SSSR count). The first-order valence-electron chi connectivity index (χ1n) is 1.11. The molecule has 0 radical (unpaired) electrons. The predicted molar refractivity (Wildman–Crippen MR) is 15.3 cm³/mol. The molecule has 0 aliphatic heterocycles. The van der Waals surface area contributed by atoms with E-state index in [9.17, 15) is 0 Å². The SMILES string of the molecule is O=C(O)C(=O)O.[U]. The van der Waals surface area contributed by atoms with Gasteiger partial charge >= 0.3 is 11.9 Å². The molecule has 0 aliphatic carbocycles. The predicted octanol–water partition coefficient (Wildman–Crippen LogP) is -0.844. The van der Waals surface area contributed by atoms with Crippen molar-refractivity contribution >= 4 is 11.9 Å². The van der Waals surface area contributed by atoms with Gasteiger partial charge in [-0.2, -0.15) is 0 Å². The molecule has 2 N–H and O–H groups in total. The summed E-state index contributed by atoms with van der Waals surface area (Å²) in [4.78, 5) is 18.2. The number of hydrogen-bond acceptors (Lipinski definition) is 2. The third kappa shape index (κ3) is 5.99. The molecule has 0 atom stereocenters. The number of hydrogen-bond donors (Lipinski definition) is 2. The van der Waals surface area contributed by atoms with E-state index < -0.39 is 11.9 Å². The van der Waals surface area contributed by atoms with Crippen LogP contribution in [0.15, 0.2) is 0 Å². The minimum Gasteiger partial charge on any atom is -0.473 e. The van der Waals surface area contributed by atoms with E-state index in [1.807, 2.05) is 0 Å². The zero-order valence-electron chi connectivity index (χ0n) is 3.21. The van der Waals surface area contributed by atoms with E-state index >= 15 is 0 Å². The Morgan fingerprint density at radius 2 is 1.14 bits per heavy atom. The Kier molecular flexibility index (Phi) is 5.99. The molecular weight excluding hydrogens is 326 g/mol. The molecule has 0 bridgehead atoms. The van der Waals surface area contributed by atoms with Crippen molar-refractivity contribution in [2.75, 3.05) is 0 Å². The first-order valence-corrected chi connectivity index (χ1v) is 1.11. The van der Waals surface area contributed by atoms with Gasteiger partial charge in [0.25, 0.3) is 0 Å². The summed E-state index contributed by atoms with van der Waals surface area (Å²) in [7, 11) is 0. The zero-order valence-corrected chi connectivity index (χ0v) is 7.37. The zero-order chi connectivity index (χ0) is 5.15. The van der Waals surface area contributed by atoms with Crippen LogP contribution >= 0.6 is 0 Å². The fraction of sp³-hybridized carbons (Fsp3) is 0. The van der Waals surface area contributed by atoms with Crippen LogP contribution in [0.1, 0.15) is 0 Å². The Hall–Kier alpha value is -0.00805. The molecule has 0 aromatic carbocycles. The summed E-state index contributed by atoms with van der Waals surface area (Å²) in [6.07, 6.45) is 0. The van der Waals surface area contributed by atoms with E-state index in [1.165, 1.54) is 0 Å². The van der Waals surface area contributed by atoms with Crippen LogP contribution in [0, 0.1) is 31.1 Å². The number of carbonyl (C=O) groups is 2. The van der Waals surface area contributed by atoms with Gasteiger partial charge in [-0.1, -0.05) is 0 Å². The van der Waals surface area contributed by atoms with Crippen LogP contribution in [-0.2, 0) is 9.59 Å². The van der Waals surface area contributed by atoms with Crippen molar-refractivity contribution in [2.24, 2.45) is 0 Å². The molecule has 0 heterocycles. The van der Waals surface area contributed by atoms with Crippen molar-refractivity contribution in [1.29, 1.82) is 0 Å². The third-order valence-corrected chi connectivity index (χ3v) is 0.183. The van der Waals surface area contributed by atoms with Crippen LogP contribution in [0.4, 0.5) is 0 Å². The van der Waals surface area contributed by atoms with Gasteiger partial charge in [-0.3, -0.25) is 0 Å². The molecular formula is C2H2O4U. The van der Waals surface area contributed by atoms with E-state index in [0.717, 1.165) is 0 Å². The molecule has 5 heteroatoms. The van der Waals surface area contributed by atoms with E-state index in [1.54, 1.807) is 0 Å². The van der Waals surface area contributed by atoms with Crippen molar-refractivity contribution in [1.82, 2.24) is 0 Å². The average molecular weight is 328 g/mol. The fourth-order valence-corrected chi connectivity index (χ4v) is 0. The second-order valence-corrected chi connectivity index (χ2v) is 0.610. The Labute approximate surface area is 62.9 Å². The molecule has 0 aromatic rings. The molecule has 0 unspecified atom stereocenters. The molecule has 0 aromatic heterocycles. The summed E-state index contributed by atoms with van der Waals surface area (Å²) < 4.78 is 0. The van der Waals surface area contributed by atoms with E-state index in [2.05, 4.69) is 0 Å². The Morgan fingerprint density at radius 1 is 1.00 bits per heavy atom. The van der Waals surface area contributed by atoms with Gasteiger partial charge in [-0.05, 0) is 0 Å². The van der Waals surface area contributed by atoms with E-state index in [4.69, 9.17) is 19.8 Å².